The molecule has 0 spiro atoms. The van der Waals surface area contributed by atoms with Crippen LogP contribution in [0.5, 0.6) is 0 Å². The average molecular weight is 371 g/mol. The first kappa shape index (κ1) is 19.0. The van der Waals surface area contributed by atoms with Gasteiger partial charge in [0.2, 0.25) is 0 Å². The highest BCUT2D eigenvalue weighted by Gasteiger charge is 2.19. The van der Waals surface area contributed by atoms with E-state index in [1.807, 2.05) is 26.8 Å². The molecule has 0 unspecified atom stereocenters. The fourth-order valence-corrected chi connectivity index (χ4v) is 3.54. The van der Waals surface area contributed by atoms with E-state index in [1.165, 1.54) is 29.1 Å². The molecule has 0 aliphatic heterocycles. The number of halogens is 1. The molecule has 27 heavy (non-hydrogen) atoms. The minimum absolute atomic E-state index is 0.0940. The van der Waals surface area contributed by atoms with Crippen LogP contribution in [0.3, 0.4) is 0 Å². The van der Waals surface area contributed by atoms with Gasteiger partial charge in [-0.3, -0.25) is 14.2 Å². The zero-order valence-corrected chi connectivity index (χ0v) is 15.8. The maximum absolute atomic E-state index is 13.3. The third-order valence-electron chi connectivity index (χ3n) is 4.73. The van der Waals surface area contributed by atoms with Crippen LogP contribution >= 0.6 is 0 Å². The van der Waals surface area contributed by atoms with Crippen LogP contribution in [-0.4, -0.2) is 33.6 Å². The lowest BCUT2D eigenvalue weighted by Crippen LogP contribution is -2.25. The van der Waals surface area contributed by atoms with Crippen LogP contribution in [0, 0.1) is 19.7 Å². The number of Topliss-reactive ketones (excluding diaryl/α,β-unsaturated/α-hetero) is 1. The summed E-state index contributed by atoms with van der Waals surface area (Å²) in [6.07, 6.45) is 1.29. The van der Waals surface area contributed by atoms with Gasteiger partial charge >= 0.3 is 0 Å². The van der Waals surface area contributed by atoms with E-state index in [2.05, 4.69) is 9.55 Å². The maximum Gasteiger partial charge on any atom is 0.261 e. The minimum Gasteiger partial charge on any atom is -0.383 e. The normalized spacial score (nSPS) is 12.5. The first-order chi connectivity index (χ1) is 12.8. The van der Waals surface area contributed by atoms with E-state index in [1.54, 1.807) is 7.11 Å². The van der Waals surface area contributed by atoms with E-state index in [9.17, 15) is 14.0 Å². The van der Waals surface area contributed by atoms with Crippen LogP contribution in [0.25, 0.3) is 10.9 Å². The summed E-state index contributed by atoms with van der Waals surface area (Å²) in [5.41, 5.74) is 2.28. The Labute approximate surface area is 156 Å². The Morgan fingerprint density at radius 3 is 2.74 bits per heavy atom. The third-order valence-corrected chi connectivity index (χ3v) is 4.73. The number of carbonyl (C=O) groups excluding carboxylic acids is 1. The van der Waals surface area contributed by atoms with E-state index >= 15 is 0 Å². The first-order valence-corrected chi connectivity index (χ1v) is 8.68. The standard InChI is InChI=1S/C20H22FN3O3/c1-12-7-17(14(3)24(12)13(2)10-27-4)19(25)9-23-11-22-18-8-15(21)5-6-16(18)20(23)26/h5-8,11,13H,9-10H2,1-4H3/t13-/m1/s1. The number of ether oxygens (including phenoxy) is 1. The number of rotatable bonds is 6. The lowest BCUT2D eigenvalue weighted by molar-refractivity contribution is 0.0969. The van der Waals surface area contributed by atoms with Gasteiger partial charge in [0.05, 0.1) is 36.4 Å². The van der Waals surface area contributed by atoms with Crippen LogP contribution in [0.4, 0.5) is 4.39 Å². The Morgan fingerprint density at radius 1 is 1.30 bits per heavy atom. The molecular formula is C20H22FN3O3. The smallest absolute Gasteiger partial charge is 0.261 e. The summed E-state index contributed by atoms with van der Waals surface area (Å²) in [6, 6.07) is 5.73. The summed E-state index contributed by atoms with van der Waals surface area (Å²) >= 11 is 0. The summed E-state index contributed by atoms with van der Waals surface area (Å²) in [7, 11) is 1.64. The third kappa shape index (κ3) is 3.55. The molecule has 0 N–H and O–H groups in total. The number of benzene rings is 1. The monoisotopic (exact) mass is 371 g/mol. The second-order valence-corrected chi connectivity index (χ2v) is 6.72. The van der Waals surface area contributed by atoms with Gasteiger partial charge in [0.1, 0.15) is 5.82 Å². The van der Waals surface area contributed by atoms with Crippen molar-refractivity contribution < 1.29 is 13.9 Å². The molecule has 3 aromatic rings. The van der Waals surface area contributed by atoms with E-state index in [0.717, 1.165) is 11.4 Å². The van der Waals surface area contributed by atoms with Gasteiger partial charge in [-0.15, -0.1) is 0 Å². The van der Waals surface area contributed by atoms with Crippen LogP contribution < -0.4 is 5.56 Å². The Balaban J connectivity index is 1.93. The number of methoxy groups -OCH3 is 1. The number of aromatic nitrogens is 3. The molecule has 2 heterocycles. The number of nitrogens with zero attached hydrogens (tertiary/aromatic N) is 3. The topological polar surface area (TPSA) is 66.1 Å². The predicted octanol–water partition coefficient (Wildman–Crippen LogP) is 3.04. The number of carbonyl (C=O) groups is 1. The molecule has 7 heteroatoms. The SMILES string of the molecule is COC[C@@H](C)n1c(C)cc(C(=O)Cn2cnc3cc(F)ccc3c2=O)c1C. The molecule has 6 nitrogen and oxygen atoms in total. The molecule has 3 rings (SSSR count). The second kappa shape index (κ2) is 7.44. The van der Waals surface area contributed by atoms with Gasteiger partial charge < -0.3 is 9.30 Å². The van der Waals surface area contributed by atoms with Crippen molar-refractivity contribution >= 4 is 16.7 Å². The fraction of sp³-hybridized carbons (Fsp3) is 0.350. The van der Waals surface area contributed by atoms with E-state index in [0.29, 0.717) is 12.2 Å². The van der Waals surface area contributed by atoms with Gasteiger partial charge in [0.25, 0.3) is 5.56 Å². The number of hydrogen-bond donors (Lipinski definition) is 0. The summed E-state index contributed by atoms with van der Waals surface area (Å²) in [5.74, 6) is -0.634. The summed E-state index contributed by atoms with van der Waals surface area (Å²) in [6.45, 7) is 6.26. The van der Waals surface area contributed by atoms with Gasteiger partial charge in [-0.1, -0.05) is 0 Å². The Morgan fingerprint density at radius 2 is 2.04 bits per heavy atom. The molecule has 0 aliphatic rings. The molecule has 0 saturated heterocycles. The minimum atomic E-state index is -0.458. The summed E-state index contributed by atoms with van der Waals surface area (Å²) in [5, 5.41) is 0.283. The van der Waals surface area contributed by atoms with Gasteiger partial charge in [0, 0.05) is 30.1 Å². The maximum atomic E-state index is 13.3. The molecule has 0 aliphatic carbocycles. The van der Waals surface area contributed by atoms with Crippen molar-refractivity contribution in [2.24, 2.45) is 0 Å². The Kier molecular flexibility index (Phi) is 5.23. The lowest BCUT2D eigenvalue weighted by Gasteiger charge is -2.17. The summed E-state index contributed by atoms with van der Waals surface area (Å²) in [4.78, 5) is 29.5. The first-order valence-electron chi connectivity index (χ1n) is 8.68. The van der Waals surface area contributed by atoms with Crippen molar-refractivity contribution in [3.8, 4) is 0 Å². The van der Waals surface area contributed by atoms with E-state index < -0.39 is 5.82 Å². The van der Waals surface area contributed by atoms with Crippen molar-refractivity contribution in [2.75, 3.05) is 13.7 Å². The van der Waals surface area contributed by atoms with Crippen LogP contribution in [0.2, 0.25) is 0 Å². The highest BCUT2D eigenvalue weighted by molar-refractivity contribution is 5.97. The molecule has 0 amide bonds. The van der Waals surface area contributed by atoms with E-state index in [4.69, 9.17) is 4.74 Å². The quantitative estimate of drug-likeness (QED) is 0.625. The zero-order valence-electron chi connectivity index (χ0n) is 15.8. The van der Waals surface area contributed by atoms with Crippen molar-refractivity contribution in [2.45, 2.75) is 33.4 Å². The Hall–Kier alpha value is -2.80. The fourth-order valence-electron chi connectivity index (χ4n) is 3.54. The van der Waals surface area contributed by atoms with Crippen LogP contribution in [0.1, 0.15) is 34.7 Å². The predicted molar refractivity (Wildman–Crippen MR) is 101 cm³/mol. The number of aryl methyl sites for hydroxylation is 1. The molecule has 1 atom stereocenters. The van der Waals surface area contributed by atoms with Gasteiger partial charge in [-0.05, 0) is 39.0 Å². The molecule has 142 valence electrons. The highest BCUT2D eigenvalue weighted by atomic mass is 19.1. The zero-order chi connectivity index (χ0) is 19.7. The van der Waals surface area contributed by atoms with Crippen LogP contribution in [-0.2, 0) is 11.3 Å². The Bertz CT molecular complexity index is 1070. The lowest BCUT2D eigenvalue weighted by atomic mass is 10.1. The highest BCUT2D eigenvalue weighted by Crippen LogP contribution is 2.21. The van der Waals surface area contributed by atoms with E-state index in [-0.39, 0.29) is 34.8 Å². The molecule has 0 radical (unpaired) electrons. The molecule has 0 saturated carbocycles. The molecule has 2 aromatic heterocycles. The molecular weight excluding hydrogens is 349 g/mol. The number of fused-ring (bicyclic) bond motifs is 1. The molecule has 1 aromatic carbocycles. The largest absolute Gasteiger partial charge is 0.383 e. The average Bonchev–Trinajstić information content (AvgIpc) is 2.92. The van der Waals surface area contributed by atoms with Gasteiger partial charge in [-0.2, -0.15) is 0 Å². The summed E-state index contributed by atoms with van der Waals surface area (Å²) < 4.78 is 21.8. The molecule has 0 fully saturated rings. The van der Waals surface area contributed by atoms with Crippen molar-refractivity contribution in [3.63, 3.8) is 0 Å². The number of hydrogen-bond acceptors (Lipinski definition) is 4. The molecule has 0 bridgehead atoms. The van der Waals surface area contributed by atoms with Crippen molar-refractivity contribution in [3.05, 3.63) is 63.7 Å². The number of ketones is 1. The van der Waals surface area contributed by atoms with Crippen molar-refractivity contribution in [1.82, 2.24) is 14.1 Å². The van der Waals surface area contributed by atoms with Gasteiger partial charge in [0.15, 0.2) is 5.78 Å². The van der Waals surface area contributed by atoms with Crippen molar-refractivity contribution in [1.29, 1.82) is 0 Å². The van der Waals surface area contributed by atoms with Gasteiger partial charge in [-0.25, -0.2) is 9.37 Å². The van der Waals surface area contributed by atoms with Crippen LogP contribution in [0.15, 0.2) is 35.4 Å². The second-order valence-electron chi connectivity index (χ2n) is 6.72.